The van der Waals surface area contributed by atoms with Crippen molar-refractivity contribution < 1.29 is 4.79 Å². The lowest BCUT2D eigenvalue weighted by molar-refractivity contribution is -0.114. The highest BCUT2D eigenvalue weighted by atomic mass is 16.1. The van der Waals surface area contributed by atoms with E-state index in [9.17, 15) is 4.79 Å². The second kappa shape index (κ2) is 7.05. The first-order valence-electron chi connectivity index (χ1n) is 8.60. The first-order chi connectivity index (χ1) is 12.7. The smallest absolute Gasteiger partial charge is 0.221 e. The predicted octanol–water partition coefficient (Wildman–Crippen LogP) is 2.31. The van der Waals surface area contributed by atoms with Crippen LogP contribution in [0.25, 0.3) is 11.4 Å². The Morgan fingerprint density at radius 2 is 2.00 bits per heavy atom. The fourth-order valence-corrected chi connectivity index (χ4v) is 3.21. The van der Waals surface area contributed by atoms with E-state index >= 15 is 0 Å². The minimum absolute atomic E-state index is 0.0578. The SMILES string of the molecule is CC(=O)Nc1ccc(CN2CCn3c(nnc3-c3cccnc3)C2)cc1. The van der Waals surface area contributed by atoms with Crippen molar-refractivity contribution in [2.45, 2.75) is 26.6 Å². The minimum atomic E-state index is -0.0578. The third-order valence-corrected chi connectivity index (χ3v) is 4.43. The number of amides is 1. The topological polar surface area (TPSA) is 75.9 Å². The highest BCUT2D eigenvalue weighted by molar-refractivity contribution is 5.88. The summed E-state index contributed by atoms with van der Waals surface area (Å²) in [6.07, 6.45) is 3.58. The maximum Gasteiger partial charge on any atom is 0.221 e. The van der Waals surface area contributed by atoms with Crippen LogP contribution in [0.5, 0.6) is 0 Å². The van der Waals surface area contributed by atoms with Gasteiger partial charge in [-0.05, 0) is 29.8 Å². The molecule has 7 nitrogen and oxygen atoms in total. The molecule has 3 aromatic rings. The highest BCUT2D eigenvalue weighted by Gasteiger charge is 2.21. The Hall–Kier alpha value is -3.06. The monoisotopic (exact) mass is 348 g/mol. The molecule has 1 N–H and O–H groups in total. The summed E-state index contributed by atoms with van der Waals surface area (Å²) < 4.78 is 2.17. The molecule has 26 heavy (non-hydrogen) atoms. The molecule has 0 spiro atoms. The fraction of sp³-hybridized carbons (Fsp3) is 0.263. The summed E-state index contributed by atoms with van der Waals surface area (Å²) in [4.78, 5) is 17.6. The lowest BCUT2D eigenvalue weighted by Crippen LogP contribution is -2.33. The normalized spacial score (nSPS) is 14.0. The summed E-state index contributed by atoms with van der Waals surface area (Å²) in [6, 6.07) is 11.9. The second-order valence-electron chi connectivity index (χ2n) is 6.42. The lowest BCUT2D eigenvalue weighted by Gasteiger charge is -2.27. The molecule has 1 aliphatic rings. The number of aromatic nitrogens is 4. The molecule has 1 amide bonds. The maximum atomic E-state index is 11.1. The average molecular weight is 348 g/mol. The summed E-state index contributed by atoms with van der Waals surface area (Å²) in [7, 11) is 0. The zero-order valence-corrected chi connectivity index (χ0v) is 14.6. The maximum absolute atomic E-state index is 11.1. The summed E-state index contributed by atoms with van der Waals surface area (Å²) in [5, 5.41) is 11.5. The van der Waals surface area contributed by atoms with Gasteiger partial charge in [-0.25, -0.2) is 0 Å². The Labute approximate surface area is 151 Å². The molecular weight excluding hydrogens is 328 g/mol. The van der Waals surface area contributed by atoms with Crippen LogP contribution in [0.2, 0.25) is 0 Å². The van der Waals surface area contributed by atoms with Crippen LogP contribution in [-0.2, 0) is 24.4 Å². The van der Waals surface area contributed by atoms with Crippen LogP contribution in [0.15, 0.2) is 48.8 Å². The molecule has 0 aliphatic carbocycles. The predicted molar refractivity (Wildman–Crippen MR) is 98.1 cm³/mol. The molecule has 0 radical (unpaired) electrons. The van der Waals surface area contributed by atoms with Crippen molar-refractivity contribution in [2.75, 3.05) is 11.9 Å². The molecule has 2 aromatic heterocycles. The van der Waals surface area contributed by atoms with E-state index in [-0.39, 0.29) is 5.91 Å². The van der Waals surface area contributed by atoms with E-state index in [1.807, 2.05) is 42.6 Å². The summed E-state index contributed by atoms with van der Waals surface area (Å²) >= 11 is 0. The quantitative estimate of drug-likeness (QED) is 0.783. The van der Waals surface area contributed by atoms with E-state index in [0.29, 0.717) is 0 Å². The van der Waals surface area contributed by atoms with Gasteiger partial charge in [-0.2, -0.15) is 0 Å². The van der Waals surface area contributed by atoms with Crippen molar-refractivity contribution in [3.8, 4) is 11.4 Å². The van der Waals surface area contributed by atoms with Crippen molar-refractivity contribution in [1.29, 1.82) is 0 Å². The van der Waals surface area contributed by atoms with Gasteiger partial charge in [-0.1, -0.05) is 12.1 Å². The van der Waals surface area contributed by atoms with Gasteiger partial charge >= 0.3 is 0 Å². The second-order valence-corrected chi connectivity index (χ2v) is 6.42. The van der Waals surface area contributed by atoms with E-state index in [1.54, 1.807) is 6.20 Å². The Bertz CT molecular complexity index is 904. The van der Waals surface area contributed by atoms with Gasteiger partial charge in [0.25, 0.3) is 0 Å². The van der Waals surface area contributed by atoms with Crippen molar-refractivity contribution in [3.63, 3.8) is 0 Å². The van der Waals surface area contributed by atoms with E-state index in [4.69, 9.17) is 0 Å². The largest absolute Gasteiger partial charge is 0.326 e. The number of hydrogen-bond acceptors (Lipinski definition) is 5. The Morgan fingerprint density at radius 3 is 2.73 bits per heavy atom. The summed E-state index contributed by atoms with van der Waals surface area (Å²) in [5.41, 5.74) is 3.02. The molecule has 1 aromatic carbocycles. The van der Waals surface area contributed by atoms with Gasteiger partial charge in [0.1, 0.15) is 5.82 Å². The first-order valence-corrected chi connectivity index (χ1v) is 8.60. The third kappa shape index (κ3) is 3.48. The highest BCUT2D eigenvalue weighted by Crippen LogP contribution is 2.22. The third-order valence-electron chi connectivity index (χ3n) is 4.43. The van der Waals surface area contributed by atoms with E-state index in [0.717, 1.165) is 49.1 Å². The van der Waals surface area contributed by atoms with Crippen molar-refractivity contribution >= 4 is 11.6 Å². The summed E-state index contributed by atoms with van der Waals surface area (Å²) in [6.45, 7) is 4.91. The van der Waals surface area contributed by atoms with Crippen LogP contribution >= 0.6 is 0 Å². The van der Waals surface area contributed by atoms with E-state index < -0.39 is 0 Å². The molecule has 0 bridgehead atoms. The number of anilines is 1. The van der Waals surface area contributed by atoms with Crippen molar-refractivity contribution in [3.05, 3.63) is 60.2 Å². The number of pyridine rings is 1. The Kier molecular flexibility index (Phi) is 4.45. The molecule has 0 unspecified atom stereocenters. The van der Waals surface area contributed by atoms with E-state index in [2.05, 4.69) is 30.0 Å². The van der Waals surface area contributed by atoms with Crippen LogP contribution in [0, 0.1) is 0 Å². The number of rotatable bonds is 4. The van der Waals surface area contributed by atoms with Gasteiger partial charge in [-0.15, -0.1) is 10.2 Å². The number of nitrogens with zero attached hydrogens (tertiary/aromatic N) is 5. The van der Waals surface area contributed by atoms with Gasteiger partial charge in [0.2, 0.25) is 5.91 Å². The van der Waals surface area contributed by atoms with Crippen molar-refractivity contribution in [1.82, 2.24) is 24.6 Å². The molecule has 7 heteroatoms. The number of carbonyl (C=O) groups is 1. The lowest BCUT2D eigenvalue weighted by atomic mass is 10.1. The standard InChI is InChI=1S/C19H20N6O/c1-14(26)21-17-6-4-15(5-7-17)12-24-9-10-25-18(13-24)22-23-19(25)16-3-2-8-20-11-16/h2-8,11H,9-10,12-13H2,1H3,(H,21,26). The average Bonchev–Trinajstić information content (AvgIpc) is 3.07. The molecule has 0 fully saturated rings. The van der Waals surface area contributed by atoms with Crippen LogP contribution in [0.1, 0.15) is 18.3 Å². The fourth-order valence-electron chi connectivity index (χ4n) is 3.21. The van der Waals surface area contributed by atoms with Gasteiger partial charge < -0.3 is 9.88 Å². The van der Waals surface area contributed by atoms with Crippen molar-refractivity contribution in [2.24, 2.45) is 0 Å². The molecule has 132 valence electrons. The van der Waals surface area contributed by atoms with Gasteiger partial charge in [-0.3, -0.25) is 14.7 Å². The molecule has 0 saturated heterocycles. The molecule has 0 atom stereocenters. The zero-order chi connectivity index (χ0) is 17.9. The number of fused-ring (bicyclic) bond motifs is 1. The first kappa shape index (κ1) is 16.4. The van der Waals surface area contributed by atoms with Gasteiger partial charge in [0, 0.05) is 50.2 Å². The molecule has 4 rings (SSSR count). The number of nitrogens with one attached hydrogen (secondary N) is 1. The van der Waals surface area contributed by atoms with Crippen LogP contribution in [0.3, 0.4) is 0 Å². The number of hydrogen-bond donors (Lipinski definition) is 1. The molecule has 1 aliphatic heterocycles. The zero-order valence-electron chi connectivity index (χ0n) is 14.6. The number of carbonyl (C=O) groups excluding carboxylic acids is 1. The Morgan fingerprint density at radius 1 is 1.15 bits per heavy atom. The van der Waals surface area contributed by atoms with E-state index in [1.165, 1.54) is 12.5 Å². The van der Waals surface area contributed by atoms with Crippen LogP contribution < -0.4 is 5.32 Å². The minimum Gasteiger partial charge on any atom is -0.326 e. The van der Waals surface area contributed by atoms with Crippen LogP contribution in [0.4, 0.5) is 5.69 Å². The molecule has 0 saturated carbocycles. The summed E-state index contributed by atoms with van der Waals surface area (Å²) in [5.74, 6) is 1.80. The molecule has 3 heterocycles. The van der Waals surface area contributed by atoms with Gasteiger partial charge in [0.15, 0.2) is 5.82 Å². The number of benzene rings is 1. The molecular formula is C19H20N6O. The van der Waals surface area contributed by atoms with Crippen LogP contribution in [-0.4, -0.2) is 37.1 Å². The Balaban J connectivity index is 1.44. The van der Waals surface area contributed by atoms with Gasteiger partial charge in [0.05, 0.1) is 6.54 Å².